The summed E-state index contributed by atoms with van der Waals surface area (Å²) in [6, 6.07) is 7.96. The molecule has 1 heterocycles. The van der Waals surface area contributed by atoms with Gasteiger partial charge in [-0.05, 0) is 18.2 Å². The van der Waals surface area contributed by atoms with Gasteiger partial charge in [-0.1, -0.05) is 23.9 Å². The van der Waals surface area contributed by atoms with Crippen molar-refractivity contribution in [2.24, 2.45) is 0 Å². The summed E-state index contributed by atoms with van der Waals surface area (Å²) < 4.78 is 14.1. The molecule has 2 nitrogen and oxygen atoms in total. The minimum absolute atomic E-state index is 0.240. The van der Waals surface area contributed by atoms with Crippen molar-refractivity contribution in [2.45, 2.75) is 9.10 Å². The minimum Gasteiger partial charge on any atom is -0.478 e. The molecule has 0 spiro atoms. The molecule has 2 rings (SSSR count). The van der Waals surface area contributed by atoms with E-state index in [2.05, 4.69) is 0 Å². The van der Waals surface area contributed by atoms with Crippen molar-refractivity contribution < 1.29 is 14.3 Å². The molecule has 1 aromatic heterocycles. The molecule has 0 atom stereocenters. The van der Waals surface area contributed by atoms with Crippen LogP contribution in [0.3, 0.4) is 0 Å². The highest BCUT2D eigenvalue weighted by atomic mass is 32.2. The monoisotopic (exact) mass is 254 g/mol. The normalized spacial score (nSPS) is 10.3. The number of carboxylic acid groups (broad SMARTS) is 1. The summed E-state index contributed by atoms with van der Waals surface area (Å²) in [5.41, 5.74) is 0.240. The van der Waals surface area contributed by atoms with E-state index in [4.69, 9.17) is 5.11 Å². The molecule has 0 amide bonds. The molecule has 0 saturated heterocycles. The number of benzene rings is 1. The first-order chi connectivity index (χ1) is 7.66. The molecule has 0 aliphatic carbocycles. The van der Waals surface area contributed by atoms with E-state index in [1.165, 1.54) is 29.2 Å². The predicted octanol–water partition coefficient (Wildman–Crippen LogP) is 3.74. The van der Waals surface area contributed by atoms with E-state index in [0.29, 0.717) is 4.90 Å². The van der Waals surface area contributed by atoms with Crippen LogP contribution in [0.5, 0.6) is 0 Å². The quantitative estimate of drug-likeness (QED) is 0.906. The maximum Gasteiger partial charge on any atom is 0.336 e. The predicted molar refractivity (Wildman–Crippen MR) is 61.8 cm³/mol. The lowest BCUT2D eigenvalue weighted by atomic mass is 10.3. The standard InChI is InChI=1S/C11H7FO2S2/c12-8-3-1-2-4-9(8)16-10-5-7(6-15-10)11(13)14/h1-6H,(H,13,14). The zero-order valence-corrected chi connectivity index (χ0v) is 9.65. The third kappa shape index (κ3) is 2.43. The van der Waals surface area contributed by atoms with Gasteiger partial charge in [0.05, 0.1) is 9.77 Å². The average molecular weight is 254 g/mol. The van der Waals surface area contributed by atoms with Crippen molar-refractivity contribution in [3.05, 3.63) is 47.1 Å². The summed E-state index contributed by atoms with van der Waals surface area (Å²) >= 11 is 2.53. The second kappa shape index (κ2) is 4.67. The highest BCUT2D eigenvalue weighted by molar-refractivity contribution is 8.01. The highest BCUT2D eigenvalue weighted by Crippen LogP contribution is 2.34. The Labute approximate surface area is 99.7 Å². The lowest BCUT2D eigenvalue weighted by Gasteiger charge is -1.98. The number of hydrogen-bond acceptors (Lipinski definition) is 3. The van der Waals surface area contributed by atoms with Crippen molar-refractivity contribution in [2.75, 3.05) is 0 Å². The number of hydrogen-bond donors (Lipinski definition) is 1. The van der Waals surface area contributed by atoms with Crippen LogP contribution in [0.25, 0.3) is 0 Å². The second-order valence-corrected chi connectivity index (χ2v) is 5.25. The molecule has 2 aromatic rings. The number of thiophene rings is 1. The van der Waals surface area contributed by atoms with E-state index in [1.807, 2.05) is 0 Å². The summed E-state index contributed by atoms with van der Waals surface area (Å²) in [4.78, 5) is 11.2. The minimum atomic E-state index is -0.961. The number of carbonyl (C=O) groups is 1. The lowest BCUT2D eigenvalue weighted by Crippen LogP contribution is -1.91. The van der Waals surface area contributed by atoms with Gasteiger partial charge in [0.15, 0.2) is 0 Å². The first kappa shape index (κ1) is 11.2. The second-order valence-electron chi connectivity index (χ2n) is 2.99. The summed E-state index contributed by atoms with van der Waals surface area (Å²) in [6.45, 7) is 0. The van der Waals surface area contributed by atoms with Crippen LogP contribution in [0.2, 0.25) is 0 Å². The lowest BCUT2D eigenvalue weighted by molar-refractivity contribution is 0.0697. The molecule has 0 unspecified atom stereocenters. The largest absolute Gasteiger partial charge is 0.478 e. The molecule has 1 N–H and O–H groups in total. The van der Waals surface area contributed by atoms with Gasteiger partial charge in [-0.2, -0.15) is 0 Å². The van der Waals surface area contributed by atoms with Gasteiger partial charge in [0, 0.05) is 10.3 Å². The maximum atomic E-state index is 13.3. The Morgan fingerprint density at radius 2 is 2.12 bits per heavy atom. The van der Waals surface area contributed by atoms with Crippen molar-refractivity contribution in [1.29, 1.82) is 0 Å². The molecule has 5 heteroatoms. The Morgan fingerprint density at radius 1 is 1.38 bits per heavy atom. The Balaban J connectivity index is 2.21. The third-order valence-corrected chi connectivity index (χ3v) is 4.00. The van der Waals surface area contributed by atoms with Crippen molar-refractivity contribution in [3.8, 4) is 0 Å². The molecule has 0 aliphatic rings. The van der Waals surface area contributed by atoms with E-state index >= 15 is 0 Å². The molecular weight excluding hydrogens is 247 g/mol. The van der Waals surface area contributed by atoms with Crippen LogP contribution in [0, 0.1) is 5.82 Å². The van der Waals surface area contributed by atoms with E-state index in [1.54, 1.807) is 29.6 Å². The first-order valence-corrected chi connectivity index (χ1v) is 6.10. The van der Waals surface area contributed by atoms with Crippen molar-refractivity contribution in [3.63, 3.8) is 0 Å². The topological polar surface area (TPSA) is 37.3 Å². The van der Waals surface area contributed by atoms with Gasteiger partial charge >= 0.3 is 5.97 Å². The van der Waals surface area contributed by atoms with Crippen LogP contribution in [0.4, 0.5) is 4.39 Å². The molecule has 0 fully saturated rings. The summed E-state index contributed by atoms with van der Waals surface area (Å²) in [7, 11) is 0. The molecular formula is C11H7FO2S2. The van der Waals surface area contributed by atoms with Crippen LogP contribution >= 0.6 is 23.1 Å². The maximum absolute atomic E-state index is 13.3. The van der Waals surface area contributed by atoms with Gasteiger partial charge in [0.1, 0.15) is 5.82 Å². The van der Waals surface area contributed by atoms with Crippen molar-refractivity contribution >= 4 is 29.1 Å². The van der Waals surface area contributed by atoms with Crippen LogP contribution in [0.1, 0.15) is 10.4 Å². The number of carboxylic acids is 1. The van der Waals surface area contributed by atoms with Gasteiger partial charge in [-0.25, -0.2) is 9.18 Å². The van der Waals surface area contributed by atoms with Gasteiger partial charge in [0.2, 0.25) is 0 Å². The molecule has 0 bridgehead atoms. The van der Waals surface area contributed by atoms with Crippen LogP contribution in [0.15, 0.2) is 44.8 Å². The highest BCUT2D eigenvalue weighted by Gasteiger charge is 2.09. The average Bonchev–Trinajstić information content (AvgIpc) is 2.70. The Bertz CT molecular complexity index is 522. The van der Waals surface area contributed by atoms with Crippen LogP contribution in [-0.4, -0.2) is 11.1 Å². The third-order valence-electron chi connectivity index (χ3n) is 1.87. The number of aromatic carboxylic acids is 1. The fourth-order valence-corrected chi connectivity index (χ4v) is 3.05. The van der Waals surface area contributed by atoms with E-state index < -0.39 is 5.97 Å². The first-order valence-electron chi connectivity index (χ1n) is 4.41. The molecule has 16 heavy (non-hydrogen) atoms. The fourth-order valence-electron chi connectivity index (χ4n) is 1.12. The molecule has 0 saturated carbocycles. The van der Waals surface area contributed by atoms with Crippen molar-refractivity contribution in [1.82, 2.24) is 0 Å². The summed E-state index contributed by atoms with van der Waals surface area (Å²) in [5.74, 6) is -1.26. The summed E-state index contributed by atoms with van der Waals surface area (Å²) in [5, 5.41) is 10.3. The molecule has 1 aromatic carbocycles. The summed E-state index contributed by atoms with van der Waals surface area (Å²) in [6.07, 6.45) is 0. The molecule has 0 radical (unpaired) electrons. The Hall–Kier alpha value is -1.33. The number of rotatable bonds is 3. The van der Waals surface area contributed by atoms with Crippen LogP contribution in [-0.2, 0) is 0 Å². The Morgan fingerprint density at radius 3 is 2.75 bits per heavy atom. The molecule has 0 aliphatic heterocycles. The fraction of sp³-hybridized carbons (Fsp3) is 0. The van der Waals surface area contributed by atoms with E-state index in [-0.39, 0.29) is 11.4 Å². The zero-order valence-electron chi connectivity index (χ0n) is 8.01. The molecule has 82 valence electrons. The van der Waals surface area contributed by atoms with Gasteiger partial charge in [-0.3, -0.25) is 0 Å². The number of halogens is 1. The van der Waals surface area contributed by atoms with Crippen LogP contribution < -0.4 is 0 Å². The van der Waals surface area contributed by atoms with Gasteiger partial charge in [-0.15, -0.1) is 11.3 Å². The smallest absolute Gasteiger partial charge is 0.336 e. The SMILES string of the molecule is O=C(O)c1csc(Sc2ccccc2F)c1. The van der Waals surface area contributed by atoms with E-state index in [0.717, 1.165) is 4.21 Å². The van der Waals surface area contributed by atoms with Gasteiger partial charge < -0.3 is 5.11 Å². The zero-order chi connectivity index (χ0) is 11.5. The van der Waals surface area contributed by atoms with E-state index in [9.17, 15) is 9.18 Å². The van der Waals surface area contributed by atoms with Gasteiger partial charge in [0.25, 0.3) is 0 Å². The Kier molecular flexibility index (Phi) is 3.26.